The van der Waals surface area contributed by atoms with E-state index in [9.17, 15) is 9.59 Å². The Hall–Kier alpha value is -3.26. The fourth-order valence-corrected chi connectivity index (χ4v) is 4.78. The number of rotatable bonds is 5. The first-order valence-electron chi connectivity index (χ1n) is 10.2. The maximum Gasteiger partial charge on any atom is 0.253 e. The van der Waals surface area contributed by atoms with E-state index < -0.39 is 5.41 Å². The minimum atomic E-state index is -0.849. The Kier molecular flexibility index (Phi) is 5.99. The molecule has 0 spiro atoms. The van der Waals surface area contributed by atoms with E-state index in [2.05, 4.69) is 20.6 Å². The third kappa shape index (κ3) is 4.29. The number of nitrogens with one attached hydrogen (secondary N) is 2. The first-order valence-corrected chi connectivity index (χ1v) is 11.1. The van der Waals surface area contributed by atoms with E-state index in [0.29, 0.717) is 30.8 Å². The number of nitrogens with zero attached hydrogens (tertiary/aromatic N) is 3. The van der Waals surface area contributed by atoms with Crippen LogP contribution in [0.4, 0.5) is 10.8 Å². The second kappa shape index (κ2) is 8.85. The van der Waals surface area contributed by atoms with Crippen molar-refractivity contribution in [1.82, 2.24) is 20.2 Å². The van der Waals surface area contributed by atoms with Gasteiger partial charge in [0, 0.05) is 43.0 Å². The van der Waals surface area contributed by atoms with Gasteiger partial charge in [0.25, 0.3) is 5.91 Å². The average Bonchev–Trinajstić information content (AvgIpc) is 3.23. The molecule has 4 rings (SSSR count). The second-order valence-corrected chi connectivity index (χ2v) is 8.56. The topological polar surface area (TPSA) is 87.2 Å². The molecule has 2 N–H and O–H groups in total. The number of likely N-dealkylation sites (N-methyl/N-ethyl adjacent to an activating group) is 1. The van der Waals surface area contributed by atoms with Gasteiger partial charge in [0.15, 0.2) is 5.13 Å². The fourth-order valence-electron chi connectivity index (χ4n) is 4.07. The molecule has 2 amide bonds. The standard InChI is InChI=1S/C23H25N5O2S/c1-16-14-31-22(26-16)27-18-8-5-7-17(13-18)20(29)28-12-6-10-23(15-28,21(30)24-2)19-9-3-4-11-25-19/h3-5,7-9,11,13-14H,6,10,12,15H2,1-2H3,(H,24,30)(H,26,27)/t23-/m1/s1. The third-order valence-electron chi connectivity index (χ3n) is 5.58. The van der Waals surface area contributed by atoms with Crippen LogP contribution >= 0.6 is 11.3 Å². The Balaban J connectivity index is 1.58. The van der Waals surface area contributed by atoms with Gasteiger partial charge in [0.05, 0.1) is 11.4 Å². The number of pyridine rings is 1. The number of carbonyl (C=O) groups excluding carboxylic acids is 2. The van der Waals surface area contributed by atoms with Crippen molar-refractivity contribution in [2.24, 2.45) is 0 Å². The molecule has 1 atom stereocenters. The number of piperidine rings is 1. The Bertz CT molecular complexity index is 1080. The van der Waals surface area contributed by atoms with Crippen LogP contribution in [-0.4, -0.2) is 46.8 Å². The number of aromatic nitrogens is 2. The summed E-state index contributed by atoms with van der Waals surface area (Å²) in [5.74, 6) is -0.207. The van der Waals surface area contributed by atoms with Gasteiger partial charge in [-0.3, -0.25) is 14.6 Å². The van der Waals surface area contributed by atoms with Crippen molar-refractivity contribution in [3.63, 3.8) is 0 Å². The van der Waals surface area contributed by atoms with Crippen molar-refractivity contribution in [2.75, 3.05) is 25.5 Å². The number of amides is 2. The van der Waals surface area contributed by atoms with E-state index in [1.165, 1.54) is 11.3 Å². The first kappa shape index (κ1) is 21.0. The third-order valence-corrected chi connectivity index (χ3v) is 6.45. The van der Waals surface area contributed by atoms with Crippen LogP contribution in [0.3, 0.4) is 0 Å². The maximum atomic E-state index is 13.4. The Morgan fingerprint density at radius 2 is 2.06 bits per heavy atom. The molecule has 7 nitrogen and oxygen atoms in total. The molecule has 1 fully saturated rings. The Labute approximate surface area is 185 Å². The minimum Gasteiger partial charge on any atom is -0.358 e. The van der Waals surface area contributed by atoms with Crippen LogP contribution in [0.15, 0.2) is 54.0 Å². The van der Waals surface area contributed by atoms with Gasteiger partial charge in [0.1, 0.15) is 5.41 Å². The largest absolute Gasteiger partial charge is 0.358 e. The molecule has 3 aromatic rings. The predicted octanol–water partition coefficient (Wildman–Crippen LogP) is 3.51. The van der Waals surface area contributed by atoms with E-state index in [4.69, 9.17) is 0 Å². The number of hydrogen-bond acceptors (Lipinski definition) is 6. The molecule has 1 aliphatic rings. The zero-order valence-corrected chi connectivity index (χ0v) is 18.4. The zero-order chi connectivity index (χ0) is 21.8. The summed E-state index contributed by atoms with van der Waals surface area (Å²) in [5, 5.41) is 8.79. The van der Waals surface area contributed by atoms with Crippen LogP contribution in [0.1, 0.15) is 34.6 Å². The molecular formula is C23H25N5O2S. The summed E-state index contributed by atoms with van der Waals surface area (Å²) in [4.78, 5) is 37.0. The van der Waals surface area contributed by atoms with Crippen LogP contribution in [0.2, 0.25) is 0 Å². The van der Waals surface area contributed by atoms with Crippen LogP contribution in [0.5, 0.6) is 0 Å². The van der Waals surface area contributed by atoms with Crippen LogP contribution in [-0.2, 0) is 10.2 Å². The number of likely N-dealkylation sites (tertiary alicyclic amines) is 1. The summed E-state index contributed by atoms with van der Waals surface area (Å²) in [6.07, 6.45) is 3.07. The predicted molar refractivity (Wildman–Crippen MR) is 122 cm³/mol. The number of carbonyl (C=O) groups is 2. The molecule has 0 unspecified atom stereocenters. The van der Waals surface area contributed by atoms with Gasteiger partial charge in [-0.05, 0) is 50.1 Å². The van der Waals surface area contributed by atoms with Crippen LogP contribution < -0.4 is 10.6 Å². The first-order chi connectivity index (χ1) is 15.0. The van der Waals surface area contributed by atoms with E-state index in [-0.39, 0.29) is 11.8 Å². The average molecular weight is 436 g/mol. The van der Waals surface area contributed by atoms with Gasteiger partial charge in [-0.1, -0.05) is 12.1 Å². The second-order valence-electron chi connectivity index (χ2n) is 7.71. The van der Waals surface area contributed by atoms with E-state index in [1.54, 1.807) is 24.2 Å². The van der Waals surface area contributed by atoms with Crippen molar-refractivity contribution in [3.05, 3.63) is 71.0 Å². The fraction of sp³-hybridized carbons (Fsp3) is 0.304. The van der Waals surface area contributed by atoms with Gasteiger partial charge in [-0.15, -0.1) is 11.3 Å². The van der Waals surface area contributed by atoms with Crippen molar-refractivity contribution >= 4 is 34.0 Å². The highest BCUT2D eigenvalue weighted by Gasteiger charge is 2.45. The SMILES string of the molecule is CNC(=O)[C@]1(c2ccccn2)CCCN(C(=O)c2cccc(Nc3nc(C)cs3)c2)C1. The van der Waals surface area contributed by atoms with Crippen molar-refractivity contribution in [2.45, 2.75) is 25.2 Å². The number of thiazole rings is 1. The molecule has 0 radical (unpaired) electrons. The smallest absolute Gasteiger partial charge is 0.253 e. The molecule has 2 aromatic heterocycles. The number of anilines is 2. The molecule has 0 saturated carbocycles. The van der Waals surface area contributed by atoms with Gasteiger partial charge in [0.2, 0.25) is 5.91 Å². The van der Waals surface area contributed by atoms with Crippen molar-refractivity contribution in [3.8, 4) is 0 Å². The summed E-state index contributed by atoms with van der Waals surface area (Å²) in [5.41, 5.74) is 2.18. The van der Waals surface area contributed by atoms with Gasteiger partial charge in [-0.25, -0.2) is 4.98 Å². The van der Waals surface area contributed by atoms with Crippen LogP contribution in [0.25, 0.3) is 0 Å². The summed E-state index contributed by atoms with van der Waals surface area (Å²) in [7, 11) is 1.63. The summed E-state index contributed by atoms with van der Waals surface area (Å²) >= 11 is 1.52. The Morgan fingerprint density at radius 1 is 1.19 bits per heavy atom. The molecule has 0 aliphatic carbocycles. The van der Waals surface area contributed by atoms with E-state index >= 15 is 0 Å². The molecule has 31 heavy (non-hydrogen) atoms. The highest BCUT2D eigenvalue weighted by Crippen LogP contribution is 2.34. The molecule has 160 valence electrons. The molecule has 1 saturated heterocycles. The number of aryl methyl sites for hydroxylation is 1. The lowest BCUT2D eigenvalue weighted by atomic mass is 9.75. The van der Waals surface area contributed by atoms with Gasteiger partial charge < -0.3 is 15.5 Å². The number of hydrogen-bond donors (Lipinski definition) is 2. The lowest BCUT2D eigenvalue weighted by molar-refractivity contribution is -0.128. The van der Waals surface area contributed by atoms with E-state index in [0.717, 1.165) is 22.9 Å². The summed E-state index contributed by atoms with van der Waals surface area (Å²) < 4.78 is 0. The normalized spacial score (nSPS) is 18.5. The quantitative estimate of drug-likeness (QED) is 0.640. The van der Waals surface area contributed by atoms with Crippen molar-refractivity contribution < 1.29 is 9.59 Å². The summed E-state index contributed by atoms with van der Waals surface area (Å²) in [6, 6.07) is 13.0. The lowest BCUT2D eigenvalue weighted by Gasteiger charge is -2.41. The van der Waals surface area contributed by atoms with Crippen LogP contribution in [0, 0.1) is 6.92 Å². The molecule has 8 heteroatoms. The monoisotopic (exact) mass is 435 g/mol. The van der Waals surface area contributed by atoms with Gasteiger partial charge in [-0.2, -0.15) is 0 Å². The van der Waals surface area contributed by atoms with E-state index in [1.807, 2.05) is 48.7 Å². The highest BCUT2D eigenvalue weighted by atomic mass is 32.1. The molecule has 0 bridgehead atoms. The minimum absolute atomic E-state index is 0.0946. The Morgan fingerprint density at radius 3 is 2.77 bits per heavy atom. The molecular weight excluding hydrogens is 410 g/mol. The molecule has 3 heterocycles. The zero-order valence-electron chi connectivity index (χ0n) is 17.6. The van der Waals surface area contributed by atoms with Gasteiger partial charge >= 0.3 is 0 Å². The highest BCUT2D eigenvalue weighted by molar-refractivity contribution is 7.13. The molecule has 1 aromatic carbocycles. The lowest BCUT2D eigenvalue weighted by Crippen LogP contribution is -2.56. The van der Waals surface area contributed by atoms with Crippen molar-refractivity contribution in [1.29, 1.82) is 0 Å². The molecule has 1 aliphatic heterocycles. The number of benzene rings is 1. The maximum absolute atomic E-state index is 13.4. The summed E-state index contributed by atoms with van der Waals surface area (Å²) in [6.45, 7) is 2.85.